The van der Waals surface area contributed by atoms with Crippen LogP contribution >= 0.6 is 0 Å². The SMILES string of the molecule is NC(Cc1ccccc1)C(=O)Nc1cc(-c2ccncc2)cc(C(F)(F)C(=O)O)c1. The molecular formula is C22H19F2N3O3. The van der Waals surface area contributed by atoms with Crippen molar-refractivity contribution in [2.45, 2.75) is 18.4 Å². The molecule has 1 unspecified atom stereocenters. The molecule has 6 nitrogen and oxygen atoms in total. The number of alkyl halides is 2. The van der Waals surface area contributed by atoms with Crippen LogP contribution in [0.15, 0.2) is 73.1 Å². The van der Waals surface area contributed by atoms with Crippen LogP contribution in [0.3, 0.4) is 0 Å². The highest BCUT2D eigenvalue weighted by atomic mass is 19.3. The van der Waals surface area contributed by atoms with Gasteiger partial charge in [-0.25, -0.2) is 4.79 Å². The maximum absolute atomic E-state index is 14.2. The van der Waals surface area contributed by atoms with Gasteiger partial charge in [0, 0.05) is 23.6 Å². The Morgan fingerprint density at radius 3 is 2.33 bits per heavy atom. The number of hydrogen-bond acceptors (Lipinski definition) is 4. The van der Waals surface area contributed by atoms with Crippen molar-refractivity contribution in [3.8, 4) is 11.1 Å². The number of aliphatic carboxylic acids is 1. The minimum atomic E-state index is -4.13. The number of rotatable bonds is 7. The summed E-state index contributed by atoms with van der Waals surface area (Å²) in [6.07, 6.45) is 3.21. The zero-order chi connectivity index (χ0) is 21.7. The van der Waals surface area contributed by atoms with E-state index in [2.05, 4.69) is 10.3 Å². The number of nitrogens with zero attached hydrogens (tertiary/aromatic N) is 1. The first kappa shape index (κ1) is 21.1. The number of amides is 1. The van der Waals surface area contributed by atoms with Crippen molar-refractivity contribution in [2.24, 2.45) is 5.73 Å². The van der Waals surface area contributed by atoms with E-state index in [0.29, 0.717) is 11.1 Å². The van der Waals surface area contributed by atoms with Gasteiger partial charge in [-0.1, -0.05) is 30.3 Å². The molecule has 0 saturated heterocycles. The molecule has 4 N–H and O–H groups in total. The first-order valence-electron chi connectivity index (χ1n) is 9.05. The quantitative estimate of drug-likeness (QED) is 0.552. The number of nitrogens with two attached hydrogens (primary N) is 1. The molecule has 0 bridgehead atoms. The Bertz CT molecular complexity index is 1040. The van der Waals surface area contributed by atoms with Crippen LogP contribution in [0, 0.1) is 0 Å². The van der Waals surface area contributed by atoms with Gasteiger partial charge in [-0.2, -0.15) is 8.78 Å². The lowest BCUT2D eigenvalue weighted by molar-refractivity contribution is -0.166. The summed E-state index contributed by atoms with van der Waals surface area (Å²) in [7, 11) is 0. The molecule has 1 atom stereocenters. The third kappa shape index (κ3) is 4.84. The molecule has 0 radical (unpaired) electrons. The number of pyridine rings is 1. The van der Waals surface area contributed by atoms with Crippen molar-refractivity contribution in [1.82, 2.24) is 4.98 Å². The van der Waals surface area contributed by atoms with Crippen LogP contribution in [0.1, 0.15) is 11.1 Å². The lowest BCUT2D eigenvalue weighted by atomic mass is 9.99. The second-order valence-corrected chi connectivity index (χ2v) is 6.70. The first-order valence-corrected chi connectivity index (χ1v) is 9.05. The van der Waals surface area contributed by atoms with Crippen LogP contribution in [0.5, 0.6) is 0 Å². The first-order chi connectivity index (χ1) is 14.3. The fourth-order valence-electron chi connectivity index (χ4n) is 2.91. The number of anilines is 1. The molecule has 0 aliphatic rings. The second kappa shape index (κ2) is 8.79. The van der Waals surface area contributed by atoms with Gasteiger partial charge in [0.2, 0.25) is 5.91 Å². The van der Waals surface area contributed by atoms with Crippen molar-refractivity contribution in [1.29, 1.82) is 0 Å². The van der Waals surface area contributed by atoms with Crippen molar-refractivity contribution in [2.75, 3.05) is 5.32 Å². The molecular weight excluding hydrogens is 392 g/mol. The molecule has 3 rings (SSSR count). The summed E-state index contributed by atoms with van der Waals surface area (Å²) in [6.45, 7) is 0. The summed E-state index contributed by atoms with van der Waals surface area (Å²) in [5.41, 5.74) is 6.92. The standard InChI is InChI=1S/C22H19F2N3O3/c23-22(24,21(29)30)17-11-16(15-6-8-26-9-7-15)12-18(13-17)27-20(28)19(25)10-14-4-2-1-3-5-14/h1-9,11-13,19H,10,25H2,(H,27,28)(H,29,30). The fraction of sp³-hybridized carbons (Fsp3) is 0.136. The van der Waals surface area contributed by atoms with E-state index < -0.39 is 29.4 Å². The molecule has 1 heterocycles. The van der Waals surface area contributed by atoms with E-state index in [4.69, 9.17) is 10.8 Å². The molecule has 154 valence electrons. The summed E-state index contributed by atoms with van der Waals surface area (Å²) in [5, 5.41) is 11.4. The molecule has 0 aliphatic heterocycles. The summed E-state index contributed by atoms with van der Waals surface area (Å²) in [6, 6.07) is 14.9. The Morgan fingerprint density at radius 1 is 1.03 bits per heavy atom. The summed E-state index contributed by atoms with van der Waals surface area (Å²) in [5.74, 6) is -6.99. The van der Waals surface area contributed by atoms with E-state index in [0.717, 1.165) is 17.7 Å². The van der Waals surface area contributed by atoms with Crippen molar-refractivity contribution >= 4 is 17.6 Å². The van der Waals surface area contributed by atoms with Gasteiger partial charge in [0.25, 0.3) is 0 Å². The Balaban J connectivity index is 1.91. The van der Waals surface area contributed by atoms with Crippen LogP contribution < -0.4 is 11.1 Å². The minimum absolute atomic E-state index is 0.0220. The van der Waals surface area contributed by atoms with Crippen LogP contribution in [0.2, 0.25) is 0 Å². The van der Waals surface area contributed by atoms with Gasteiger partial charge >= 0.3 is 11.9 Å². The van der Waals surface area contributed by atoms with Gasteiger partial charge in [-0.05, 0) is 53.4 Å². The van der Waals surface area contributed by atoms with Gasteiger partial charge < -0.3 is 16.2 Å². The molecule has 2 aromatic carbocycles. The number of carbonyl (C=O) groups excluding carboxylic acids is 1. The molecule has 0 fully saturated rings. The maximum Gasteiger partial charge on any atom is 0.379 e. The van der Waals surface area contributed by atoms with Crippen LogP contribution in [0.4, 0.5) is 14.5 Å². The Kier molecular flexibility index (Phi) is 6.17. The number of carboxylic acid groups (broad SMARTS) is 1. The lowest BCUT2D eigenvalue weighted by Gasteiger charge is -2.17. The zero-order valence-corrected chi connectivity index (χ0v) is 15.8. The van der Waals surface area contributed by atoms with Gasteiger partial charge in [0.05, 0.1) is 6.04 Å². The predicted molar refractivity (Wildman–Crippen MR) is 108 cm³/mol. The third-order valence-electron chi connectivity index (χ3n) is 4.48. The topological polar surface area (TPSA) is 105 Å². The second-order valence-electron chi connectivity index (χ2n) is 6.70. The summed E-state index contributed by atoms with van der Waals surface area (Å²) >= 11 is 0. The number of nitrogens with one attached hydrogen (secondary N) is 1. The van der Waals surface area contributed by atoms with E-state index in [1.54, 1.807) is 12.1 Å². The van der Waals surface area contributed by atoms with Gasteiger partial charge in [-0.3, -0.25) is 9.78 Å². The van der Waals surface area contributed by atoms with Gasteiger partial charge in [0.1, 0.15) is 0 Å². The molecule has 3 aromatic rings. The highest BCUT2D eigenvalue weighted by Crippen LogP contribution is 2.34. The van der Waals surface area contributed by atoms with Crippen LogP contribution in [0.25, 0.3) is 11.1 Å². The highest BCUT2D eigenvalue weighted by Gasteiger charge is 2.41. The monoisotopic (exact) mass is 411 g/mol. The number of carbonyl (C=O) groups is 2. The van der Waals surface area contributed by atoms with Crippen molar-refractivity contribution in [3.63, 3.8) is 0 Å². The maximum atomic E-state index is 14.2. The number of halogens is 2. The third-order valence-corrected chi connectivity index (χ3v) is 4.48. The van der Waals surface area contributed by atoms with E-state index in [1.165, 1.54) is 18.5 Å². The minimum Gasteiger partial charge on any atom is -0.477 e. The lowest BCUT2D eigenvalue weighted by Crippen LogP contribution is -2.37. The molecule has 30 heavy (non-hydrogen) atoms. The molecule has 0 spiro atoms. The Labute approximate surface area is 171 Å². The van der Waals surface area contributed by atoms with E-state index in [9.17, 15) is 18.4 Å². The molecule has 8 heteroatoms. The largest absolute Gasteiger partial charge is 0.477 e. The Hall–Kier alpha value is -3.65. The molecule has 0 aliphatic carbocycles. The van der Waals surface area contributed by atoms with E-state index >= 15 is 0 Å². The number of benzene rings is 2. The van der Waals surface area contributed by atoms with E-state index in [-0.39, 0.29) is 12.1 Å². The zero-order valence-electron chi connectivity index (χ0n) is 15.8. The van der Waals surface area contributed by atoms with Crippen molar-refractivity contribution < 1.29 is 23.5 Å². The van der Waals surface area contributed by atoms with E-state index in [1.807, 2.05) is 30.3 Å². The number of carboxylic acids is 1. The average Bonchev–Trinajstić information content (AvgIpc) is 2.74. The Morgan fingerprint density at radius 2 is 1.70 bits per heavy atom. The normalized spacial score (nSPS) is 12.2. The smallest absolute Gasteiger partial charge is 0.379 e. The van der Waals surface area contributed by atoms with Gasteiger partial charge in [0.15, 0.2) is 0 Å². The van der Waals surface area contributed by atoms with Crippen LogP contribution in [-0.2, 0) is 21.9 Å². The molecule has 1 aromatic heterocycles. The average molecular weight is 411 g/mol. The fourth-order valence-corrected chi connectivity index (χ4v) is 2.91. The van der Waals surface area contributed by atoms with Crippen LogP contribution in [-0.4, -0.2) is 28.0 Å². The number of hydrogen-bond donors (Lipinski definition) is 3. The predicted octanol–water partition coefficient (Wildman–Crippen LogP) is 3.43. The summed E-state index contributed by atoms with van der Waals surface area (Å²) < 4.78 is 28.4. The summed E-state index contributed by atoms with van der Waals surface area (Å²) in [4.78, 5) is 27.4. The number of aromatic nitrogens is 1. The van der Waals surface area contributed by atoms with Gasteiger partial charge in [-0.15, -0.1) is 0 Å². The highest BCUT2D eigenvalue weighted by molar-refractivity contribution is 5.96. The molecule has 1 amide bonds. The van der Waals surface area contributed by atoms with Crippen molar-refractivity contribution in [3.05, 3.63) is 84.2 Å². The molecule has 0 saturated carbocycles.